The Kier molecular flexibility index (Phi) is 4.05. The molecule has 0 aliphatic heterocycles. The number of phenolic OH excluding ortho intramolecular Hbond substituents is 1. The molecule has 0 unspecified atom stereocenters. The Morgan fingerprint density at radius 1 is 1.26 bits per heavy atom. The van der Waals surface area contributed by atoms with Crippen LogP contribution in [0, 0.1) is 0 Å². The molecule has 7 heteroatoms. The lowest BCUT2D eigenvalue weighted by Gasteiger charge is -2.26. The van der Waals surface area contributed by atoms with E-state index in [0.717, 1.165) is 6.07 Å². The van der Waals surface area contributed by atoms with Crippen LogP contribution in [0.2, 0.25) is 5.02 Å². The van der Waals surface area contributed by atoms with Crippen LogP contribution >= 0.6 is 11.6 Å². The van der Waals surface area contributed by atoms with Gasteiger partial charge in [0.1, 0.15) is 5.75 Å². The van der Waals surface area contributed by atoms with Crippen LogP contribution in [0.1, 0.15) is 31.4 Å². The summed E-state index contributed by atoms with van der Waals surface area (Å²) in [5.41, 5.74) is -2.59. The molecule has 0 aromatic heterocycles. The molecular weight excluding hydrogens is 285 g/mol. The average molecular weight is 297 g/mol. The highest BCUT2D eigenvalue weighted by molar-refractivity contribution is 6.30. The van der Waals surface area contributed by atoms with Crippen LogP contribution in [0.25, 0.3) is 0 Å². The number of halogens is 4. The van der Waals surface area contributed by atoms with Gasteiger partial charge >= 0.3 is 12.1 Å². The maximum absolute atomic E-state index is 12.7. The molecule has 19 heavy (non-hydrogen) atoms. The van der Waals surface area contributed by atoms with Crippen LogP contribution < -0.4 is 0 Å². The molecule has 0 aliphatic rings. The van der Waals surface area contributed by atoms with Gasteiger partial charge in [0.25, 0.3) is 0 Å². The molecule has 0 fully saturated rings. The molecule has 0 bridgehead atoms. The van der Waals surface area contributed by atoms with E-state index in [0.29, 0.717) is 6.07 Å². The third kappa shape index (κ3) is 3.53. The molecule has 0 saturated carbocycles. The molecule has 0 spiro atoms. The number of carboxylic acids is 1. The van der Waals surface area contributed by atoms with E-state index in [4.69, 9.17) is 16.7 Å². The molecule has 0 aliphatic carbocycles. The normalized spacial score (nSPS) is 12.5. The van der Waals surface area contributed by atoms with Gasteiger partial charge in [0.05, 0.1) is 12.0 Å². The van der Waals surface area contributed by atoms with Crippen LogP contribution in [-0.4, -0.2) is 16.2 Å². The summed E-state index contributed by atoms with van der Waals surface area (Å²) in [5, 5.41) is 18.3. The maximum atomic E-state index is 12.7. The number of alkyl halides is 3. The van der Waals surface area contributed by atoms with E-state index < -0.39 is 35.3 Å². The first-order valence-corrected chi connectivity index (χ1v) is 5.65. The predicted molar refractivity (Wildman–Crippen MR) is 63.4 cm³/mol. The number of aliphatic carboxylic acids is 1. The van der Waals surface area contributed by atoms with Crippen LogP contribution in [0.4, 0.5) is 13.2 Å². The van der Waals surface area contributed by atoms with E-state index in [-0.39, 0.29) is 10.6 Å². The van der Waals surface area contributed by atoms with Crippen molar-refractivity contribution >= 4 is 17.6 Å². The number of phenols is 1. The second kappa shape index (κ2) is 4.92. The van der Waals surface area contributed by atoms with Crippen molar-refractivity contribution in [2.45, 2.75) is 31.9 Å². The van der Waals surface area contributed by atoms with Crippen molar-refractivity contribution in [1.82, 2.24) is 0 Å². The van der Waals surface area contributed by atoms with E-state index in [2.05, 4.69) is 0 Å². The molecule has 0 saturated heterocycles. The molecule has 3 nitrogen and oxygen atoms in total. The number of hydrogen-bond acceptors (Lipinski definition) is 2. The molecular formula is C12H12ClF3O3. The van der Waals surface area contributed by atoms with Crippen molar-refractivity contribution in [2.24, 2.45) is 0 Å². The summed E-state index contributed by atoms with van der Waals surface area (Å²) in [4.78, 5) is 10.7. The van der Waals surface area contributed by atoms with Crippen molar-refractivity contribution in [3.05, 3.63) is 28.3 Å². The molecule has 0 amide bonds. The van der Waals surface area contributed by atoms with E-state index in [1.54, 1.807) is 0 Å². The predicted octanol–water partition coefficient (Wildman–Crippen LogP) is 3.82. The Labute approximate surface area is 112 Å². The Hall–Kier alpha value is -1.43. The summed E-state index contributed by atoms with van der Waals surface area (Å²) in [7, 11) is 0. The minimum Gasteiger partial charge on any atom is -0.507 e. The first-order chi connectivity index (χ1) is 8.45. The smallest absolute Gasteiger partial charge is 0.420 e. The van der Waals surface area contributed by atoms with Gasteiger partial charge in [0.2, 0.25) is 0 Å². The highest BCUT2D eigenvalue weighted by Gasteiger charge is 2.38. The second-order valence-corrected chi connectivity index (χ2v) is 5.24. The monoisotopic (exact) mass is 296 g/mol. The minimum absolute atomic E-state index is 0.144. The summed E-state index contributed by atoms with van der Waals surface area (Å²) in [6.07, 6.45) is -5.19. The van der Waals surface area contributed by atoms with E-state index in [1.165, 1.54) is 13.8 Å². The number of hydrogen-bond donors (Lipinski definition) is 2. The number of carboxylic acid groups (broad SMARTS) is 1. The fraction of sp³-hybridized carbons (Fsp3) is 0.417. The third-order valence-corrected chi connectivity index (χ3v) is 2.92. The Morgan fingerprint density at radius 2 is 1.74 bits per heavy atom. The topological polar surface area (TPSA) is 57.5 Å². The van der Waals surface area contributed by atoms with Gasteiger partial charge in [-0.05, 0) is 12.1 Å². The number of rotatable bonds is 3. The Bertz CT molecular complexity index is 510. The van der Waals surface area contributed by atoms with Gasteiger partial charge in [0.15, 0.2) is 0 Å². The zero-order valence-corrected chi connectivity index (χ0v) is 10.9. The average Bonchev–Trinajstić information content (AvgIpc) is 2.17. The van der Waals surface area contributed by atoms with Crippen LogP contribution in [0.15, 0.2) is 12.1 Å². The highest BCUT2D eigenvalue weighted by Crippen LogP contribution is 2.44. The van der Waals surface area contributed by atoms with E-state index >= 15 is 0 Å². The lowest BCUT2D eigenvalue weighted by molar-refractivity contribution is -0.139. The molecule has 106 valence electrons. The van der Waals surface area contributed by atoms with Gasteiger partial charge < -0.3 is 10.2 Å². The van der Waals surface area contributed by atoms with Crippen molar-refractivity contribution in [2.75, 3.05) is 0 Å². The van der Waals surface area contributed by atoms with Crippen molar-refractivity contribution < 1.29 is 28.2 Å². The van der Waals surface area contributed by atoms with Gasteiger partial charge in [0, 0.05) is 16.0 Å². The van der Waals surface area contributed by atoms with Gasteiger partial charge in [-0.25, -0.2) is 0 Å². The Balaban J connectivity index is 3.45. The molecule has 2 N–H and O–H groups in total. The van der Waals surface area contributed by atoms with Crippen molar-refractivity contribution in [3.8, 4) is 5.75 Å². The lowest BCUT2D eigenvalue weighted by Crippen LogP contribution is -2.23. The van der Waals surface area contributed by atoms with Crippen LogP contribution in [-0.2, 0) is 16.4 Å². The minimum atomic E-state index is -4.76. The molecule has 1 rings (SSSR count). The molecule has 1 aromatic rings. The molecule has 0 atom stereocenters. The van der Waals surface area contributed by atoms with Crippen LogP contribution in [0.3, 0.4) is 0 Å². The SMILES string of the molecule is CC(C)(CC(=O)O)c1cc(Cl)cc(C(F)(F)F)c1O. The maximum Gasteiger partial charge on any atom is 0.420 e. The summed E-state index contributed by atoms with van der Waals surface area (Å²) < 4.78 is 38.2. The zero-order valence-electron chi connectivity index (χ0n) is 10.2. The van der Waals surface area contributed by atoms with E-state index in [9.17, 15) is 23.1 Å². The van der Waals surface area contributed by atoms with Gasteiger partial charge in [-0.3, -0.25) is 4.79 Å². The Morgan fingerprint density at radius 3 is 2.16 bits per heavy atom. The second-order valence-electron chi connectivity index (χ2n) is 4.80. The first-order valence-electron chi connectivity index (χ1n) is 5.27. The zero-order chi connectivity index (χ0) is 15.0. The van der Waals surface area contributed by atoms with Gasteiger partial charge in [-0.1, -0.05) is 25.4 Å². The highest BCUT2D eigenvalue weighted by atomic mass is 35.5. The molecule has 0 radical (unpaired) electrons. The summed E-state index contributed by atoms with van der Waals surface area (Å²) in [5.74, 6) is -2.17. The summed E-state index contributed by atoms with van der Waals surface area (Å²) in [6, 6.07) is 1.76. The number of carbonyl (C=O) groups is 1. The fourth-order valence-electron chi connectivity index (χ4n) is 1.80. The van der Waals surface area contributed by atoms with Crippen molar-refractivity contribution in [1.29, 1.82) is 0 Å². The summed E-state index contributed by atoms with van der Waals surface area (Å²) in [6.45, 7) is 2.85. The number of aromatic hydroxyl groups is 1. The standard InChI is InChI=1S/C12H12ClF3O3/c1-11(2,5-9(17)18)7-3-6(13)4-8(10(7)19)12(14,15)16/h3-4,19H,5H2,1-2H3,(H,17,18). The van der Waals surface area contributed by atoms with E-state index in [1.807, 2.05) is 0 Å². The van der Waals surface area contributed by atoms with Crippen LogP contribution in [0.5, 0.6) is 5.75 Å². The van der Waals surface area contributed by atoms with Gasteiger partial charge in [-0.2, -0.15) is 13.2 Å². The summed E-state index contributed by atoms with van der Waals surface area (Å²) >= 11 is 5.61. The third-order valence-electron chi connectivity index (χ3n) is 2.70. The quantitative estimate of drug-likeness (QED) is 0.891. The number of benzene rings is 1. The fourth-order valence-corrected chi connectivity index (χ4v) is 2.02. The first kappa shape index (κ1) is 15.6. The van der Waals surface area contributed by atoms with Gasteiger partial charge in [-0.15, -0.1) is 0 Å². The molecule has 0 heterocycles. The van der Waals surface area contributed by atoms with Crippen molar-refractivity contribution in [3.63, 3.8) is 0 Å². The lowest BCUT2D eigenvalue weighted by atomic mass is 9.80. The molecule has 1 aromatic carbocycles. The largest absolute Gasteiger partial charge is 0.507 e.